The summed E-state index contributed by atoms with van der Waals surface area (Å²) >= 11 is 0. The van der Waals surface area contributed by atoms with Crippen LogP contribution in [-0.2, 0) is 27.5 Å². The first-order valence-electron chi connectivity index (χ1n) is 10.1. The number of carbonyl (C=O) groups is 2. The zero-order valence-corrected chi connectivity index (χ0v) is 16.8. The van der Waals surface area contributed by atoms with Crippen LogP contribution in [0.2, 0.25) is 0 Å². The minimum absolute atomic E-state index is 0.0361. The zero-order valence-electron chi connectivity index (χ0n) is 16.0. The normalized spacial score (nSPS) is 23.9. The van der Waals surface area contributed by atoms with E-state index in [-0.39, 0.29) is 23.4 Å². The number of amides is 3. The van der Waals surface area contributed by atoms with E-state index in [4.69, 9.17) is 0 Å². The molecule has 1 atom stereocenters. The molecule has 1 aliphatic carbocycles. The van der Waals surface area contributed by atoms with Crippen LogP contribution in [0, 0.1) is 5.92 Å². The number of urea groups is 1. The predicted octanol–water partition coefficient (Wildman–Crippen LogP) is 1.68. The quantitative estimate of drug-likeness (QED) is 0.811. The average molecular weight is 406 g/mol. The molecule has 0 radical (unpaired) electrons. The number of hydrogen-bond acceptors (Lipinski definition) is 4. The first kappa shape index (κ1) is 19.2. The molecule has 0 spiro atoms. The SMILES string of the molecule is O=C(Nc1cccc2c1CCCC2)N1CCN(C(=O)[C@@H]2CCS(=O)(=O)C2)CC1. The number of fused-ring (bicyclic) bond motifs is 1. The lowest BCUT2D eigenvalue weighted by Crippen LogP contribution is -2.53. The highest BCUT2D eigenvalue weighted by molar-refractivity contribution is 7.91. The van der Waals surface area contributed by atoms with Gasteiger partial charge in [0.05, 0.1) is 17.4 Å². The molecule has 3 aliphatic rings. The van der Waals surface area contributed by atoms with E-state index in [2.05, 4.69) is 11.4 Å². The van der Waals surface area contributed by atoms with Gasteiger partial charge in [0.15, 0.2) is 9.84 Å². The minimum Gasteiger partial charge on any atom is -0.339 e. The molecule has 7 nitrogen and oxygen atoms in total. The highest BCUT2D eigenvalue weighted by Crippen LogP contribution is 2.28. The van der Waals surface area contributed by atoms with Crippen LogP contribution >= 0.6 is 0 Å². The van der Waals surface area contributed by atoms with Crippen molar-refractivity contribution < 1.29 is 18.0 Å². The van der Waals surface area contributed by atoms with E-state index in [9.17, 15) is 18.0 Å². The number of carbonyl (C=O) groups excluding carboxylic acids is 2. The van der Waals surface area contributed by atoms with Gasteiger partial charge in [-0.1, -0.05) is 12.1 Å². The fourth-order valence-corrected chi connectivity index (χ4v) is 6.20. The molecule has 0 unspecified atom stereocenters. The van der Waals surface area contributed by atoms with Crippen LogP contribution in [0.1, 0.15) is 30.4 Å². The Morgan fingerprint density at radius 1 is 1.00 bits per heavy atom. The van der Waals surface area contributed by atoms with E-state index in [1.807, 2.05) is 12.1 Å². The molecule has 4 rings (SSSR count). The number of benzene rings is 1. The Labute approximate surface area is 166 Å². The third-order valence-corrected chi connectivity index (χ3v) is 7.87. The average Bonchev–Trinajstić information content (AvgIpc) is 3.07. The summed E-state index contributed by atoms with van der Waals surface area (Å²) in [5, 5.41) is 3.05. The molecule has 3 amide bonds. The Bertz CT molecular complexity index is 875. The first-order valence-corrected chi connectivity index (χ1v) is 11.9. The summed E-state index contributed by atoms with van der Waals surface area (Å²) in [5.41, 5.74) is 3.47. The van der Waals surface area contributed by atoms with E-state index in [0.717, 1.165) is 24.9 Å². The summed E-state index contributed by atoms with van der Waals surface area (Å²) in [7, 11) is -3.07. The van der Waals surface area contributed by atoms with Gasteiger partial charge in [0, 0.05) is 31.9 Å². The smallest absolute Gasteiger partial charge is 0.321 e. The second-order valence-electron chi connectivity index (χ2n) is 7.99. The highest BCUT2D eigenvalue weighted by Gasteiger charge is 2.36. The third kappa shape index (κ3) is 4.01. The number of sulfone groups is 1. The molecule has 0 bridgehead atoms. The third-order valence-electron chi connectivity index (χ3n) is 6.10. The number of nitrogens with one attached hydrogen (secondary N) is 1. The molecule has 1 N–H and O–H groups in total. The van der Waals surface area contributed by atoms with E-state index in [1.165, 1.54) is 17.5 Å². The van der Waals surface area contributed by atoms with Gasteiger partial charge in [-0.25, -0.2) is 13.2 Å². The molecule has 0 saturated carbocycles. The Hall–Kier alpha value is -2.09. The van der Waals surface area contributed by atoms with Crippen LogP contribution in [0.4, 0.5) is 10.5 Å². The maximum atomic E-state index is 12.7. The Morgan fingerprint density at radius 3 is 2.43 bits per heavy atom. The van der Waals surface area contributed by atoms with Crippen LogP contribution in [0.15, 0.2) is 18.2 Å². The first-order chi connectivity index (χ1) is 13.4. The molecule has 1 aromatic carbocycles. The summed E-state index contributed by atoms with van der Waals surface area (Å²) in [5.74, 6) is -0.432. The molecule has 0 aromatic heterocycles. The predicted molar refractivity (Wildman–Crippen MR) is 107 cm³/mol. The van der Waals surface area contributed by atoms with Crippen LogP contribution in [0.5, 0.6) is 0 Å². The van der Waals surface area contributed by atoms with Crippen molar-refractivity contribution in [3.63, 3.8) is 0 Å². The van der Waals surface area contributed by atoms with Crippen molar-refractivity contribution in [2.75, 3.05) is 43.0 Å². The van der Waals surface area contributed by atoms with Crippen molar-refractivity contribution >= 4 is 27.5 Å². The van der Waals surface area contributed by atoms with E-state index in [0.29, 0.717) is 32.6 Å². The van der Waals surface area contributed by atoms with Crippen molar-refractivity contribution in [1.29, 1.82) is 0 Å². The fraction of sp³-hybridized carbons (Fsp3) is 0.600. The second-order valence-corrected chi connectivity index (χ2v) is 10.2. The van der Waals surface area contributed by atoms with Crippen LogP contribution in [0.3, 0.4) is 0 Å². The number of rotatable bonds is 2. The number of nitrogens with zero attached hydrogens (tertiary/aromatic N) is 2. The molecule has 2 fully saturated rings. The van der Waals surface area contributed by atoms with Gasteiger partial charge in [-0.3, -0.25) is 4.79 Å². The second kappa shape index (κ2) is 7.73. The number of piperazine rings is 1. The number of anilines is 1. The summed E-state index contributed by atoms with van der Waals surface area (Å²) in [6.07, 6.45) is 4.83. The summed E-state index contributed by atoms with van der Waals surface area (Å²) in [4.78, 5) is 28.7. The van der Waals surface area contributed by atoms with Crippen molar-refractivity contribution in [2.45, 2.75) is 32.1 Å². The van der Waals surface area contributed by atoms with Crippen LogP contribution < -0.4 is 5.32 Å². The van der Waals surface area contributed by atoms with Crippen LogP contribution in [0.25, 0.3) is 0 Å². The van der Waals surface area contributed by atoms with Gasteiger partial charge in [-0.2, -0.15) is 0 Å². The van der Waals surface area contributed by atoms with Gasteiger partial charge in [0.25, 0.3) is 0 Å². The molecular formula is C20H27N3O4S. The van der Waals surface area contributed by atoms with E-state index < -0.39 is 15.8 Å². The molecule has 2 heterocycles. The summed E-state index contributed by atoms with van der Waals surface area (Å²) < 4.78 is 23.2. The van der Waals surface area contributed by atoms with Gasteiger partial charge in [-0.15, -0.1) is 0 Å². The minimum atomic E-state index is -3.07. The lowest BCUT2D eigenvalue weighted by molar-refractivity contribution is -0.136. The lowest BCUT2D eigenvalue weighted by atomic mass is 9.90. The Balaban J connectivity index is 1.33. The molecule has 1 aromatic rings. The molecule has 2 saturated heterocycles. The molecule has 2 aliphatic heterocycles. The summed E-state index contributed by atoms with van der Waals surface area (Å²) in [6, 6.07) is 5.96. The van der Waals surface area contributed by atoms with Crippen molar-refractivity contribution in [3.05, 3.63) is 29.3 Å². The maximum absolute atomic E-state index is 12.7. The fourth-order valence-electron chi connectivity index (χ4n) is 4.47. The van der Waals surface area contributed by atoms with Crippen molar-refractivity contribution in [1.82, 2.24) is 9.80 Å². The molecule has 28 heavy (non-hydrogen) atoms. The largest absolute Gasteiger partial charge is 0.339 e. The standard InChI is InChI=1S/C20H27N3O4S/c24-19(16-8-13-28(26,27)14-16)22-9-11-23(12-10-22)20(25)21-18-7-3-5-15-4-1-2-6-17(15)18/h3,5,7,16H,1-2,4,6,8-14H2,(H,21,25)/t16-/m1/s1. The molecule has 8 heteroatoms. The van der Waals surface area contributed by atoms with Crippen molar-refractivity contribution in [2.24, 2.45) is 5.92 Å². The Morgan fingerprint density at radius 2 is 1.71 bits per heavy atom. The van der Waals surface area contributed by atoms with Gasteiger partial charge < -0.3 is 15.1 Å². The maximum Gasteiger partial charge on any atom is 0.321 e. The highest BCUT2D eigenvalue weighted by atomic mass is 32.2. The van der Waals surface area contributed by atoms with Crippen molar-refractivity contribution in [3.8, 4) is 0 Å². The summed E-state index contributed by atoms with van der Waals surface area (Å²) in [6.45, 7) is 1.84. The van der Waals surface area contributed by atoms with E-state index in [1.54, 1.807) is 9.80 Å². The molecular weight excluding hydrogens is 378 g/mol. The van der Waals surface area contributed by atoms with Gasteiger partial charge >= 0.3 is 6.03 Å². The van der Waals surface area contributed by atoms with Gasteiger partial charge in [-0.05, 0) is 49.3 Å². The Kier molecular flexibility index (Phi) is 5.31. The topological polar surface area (TPSA) is 86.8 Å². The lowest BCUT2D eigenvalue weighted by Gasteiger charge is -2.36. The van der Waals surface area contributed by atoms with Gasteiger partial charge in [0.1, 0.15) is 0 Å². The van der Waals surface area contributed by atoms with E-state index >= 15 is 0 Å². The number of hydrogen-bond donors (Lipinski definition) is 1. The molecule has 152 valence electrons. The van der Waals surface area contributed by atoms with Crippen LogP contribution in [-0.4, -0.2) is 67.8 Å². The number of aryl methyl sites for hydroxylation is 1. The van der Waals surface area contributed by atoms with Gasteiger partial charge in [0.2, 0.25) is 5.91 Å². The monoisotopic (exact) mass is 405 g/mol. The zero-order chi connectivity index (χ0) is 19.7.